The maximum atomic E-state index is 12.1. The molecule has 20 heavy (non-hydrogen) atoms. The molecule has 0 bridgehead atoms. The second-order valence-corrected chi connectivity index (χ2v) is 4.53. The lowest BCUT2D eigenvalue weighted by molar-refractivity contribution is 0.0932. The van der Waals surface area contributed by atoms with Crippen molar-refractivity contribution in [3.05, 3.63) is 47.4 Å². The average Bonchev–Trinajstić information content (AvgIpc) is 2.85. The molecule has 0 spiro atoms. The van der Waals surface area contributed by atoms with Crippen LogP contribution in [0.15, 0.2) is 34.7 Å². The fourth-order valence-corrected chi connectivity index (χ4v) is 1.86. The molecular weight excluding hydrogens is 258 g/mol. The van der Waals surface area contributed by atoms with Crippen molar-refractivity contribution >= 4 is 5.91 Å². The molecule has 1 heterocycles. The molecule has 0 aliphatic rings. The van der Waals surface area contributed by atoms with Gasteiger partial charge in [-0.1, -0.05) is 0 Å². The largest absolute Gasteiger partial charge is 0.507 e. The molecule has 106 valence electrons. The minimum atomic E-state index is -0.369. The van der Waals surface area contributed by atoms with Crippen molar-refractivity contribution in [2.45, 2.75) is 19.9 Å². The molecule has 0 radical (unpaired) electrons. The van der Waals surface area contributed by atoms with Crippen molar-refractivity contribution in [2.75, 3.05) is 7.11 Å². The molecule has 2 rings (SSSR count). The zero-order valence-corrected chi connectivity index (χ0v) is 11.6. The molecule has 1 amide bonds. The van der Waals surface area contributed by atoms with E-state index in [1.807, 2.05) is 26.0 Å². The molecule has 0 aliphatic carbocycles. The highest BCUT2D eigenvalue weighted by Gasteiger charge is 2.17. The first-order valence-electron chi connectivity index (χ1n) is 6.25. The summed E-state index contributed by atoms with van der Waals surface area (Å²) < 4.78 is 10.4. The van der Waals surface area contributed by atoms with Gasteiger partial charge in [0.25, 0.3) is 5.91 Å². The van der Waals surface area contributed by atoms with Gasteiger partial charge in [0.2, 0.25) is 0 Å². The Morgan fingerprint density at radius 1 is 1.35 bits per heavy atom. The van der Waals surface area contributed by atoms with Crippen LogP contribution < -0.4 is 10.1 Å². The lowest BCUT2D eigenvalue weighted by atomic mass is 10.1. The first-order valence-corrected chi connectivity index (χ1v) is 6.25. The molecular formula is C15H17NO4. The summed E-state index contributed by atoms with van der Waals surface area (Å²) in [6.07, 6.45) is 0. The topological polar surface area (TPSA) is 71.7 Å². The number of aromatic hydroxyl groups is 1. The summed E-state index contributed by atoms with van der Waals surface area (Å²) in [5, 5.41) is 12.6. The molecule has 1 unspecified atom stereocenters. The van der Waals surface area contributed by atoms with E-state index in [0.717, 1.165) is 5.76 Å². The second-order valence-electron chi connectivity index (χ2n) is 4.53. The van der Waals surface area contributed by atoms with Crippen molar-refractivity contribution in [1.29, 1.82) is 0 Å². The van der Waals surface area contributed by atoms with E-state index in [4.69, 9.17) is 9.15 Å². The number of aryl methyl sites for hydroxylation is 1. The fourth-order valence-electron chi connectivity index (χ4n) is 1.86. The smallest absolute Gasteiger partial charge is 0.255 e. The zero-order chi connectivity index (χ0) is 14.7. The average molecular weight is 275 g/mol. The van der Waals surface area contributed by atoms with E-state index in [1.54, 1.807) is 6.07 Å². The number of carbonyl (C=O) groups is 1. The van der Waals surface area contributed by atoms with Crippen LogP contribution in [-0.4, -0.2) is 18.1 Å². The Hall–Kier alpha value is -2.43. The summed E-state index contributed by atoms with van der Waals surface area (Å²) in [7, 11) is 1.50. The summed E-state index contributed by atoms with van der Waals surface area (Å²) in [4.78, 5) is 12.1. The monoisotopic (exact) mass is 275 g/mol. The quantitative estimate of drug-likeness (QED) is 0.900. The number of furan rings is 1. The maximum absolute atomic E-state index is 12.1. The number of hydrogen-bond acceptors (Lipinski definition) is 4. The number of nitrogens with one attached hydrogen (secondary N) is 1. The van der Waals surface area contributed by atoms with Gasteiger partial charge in [-0.05, 0) is 38.1 Å². The highest BCUT2D eigenvalue weighted by Crippen LogP contribution is 2.24. The maximum Gasteiger partial charge on any atom is 0.255 e. The number of rotatable bonds is 4. The summed E-state index contributed by atoms with van der Waals surface area (Å²) in [6.45, 7) is 3.66. The van der Waals surface area contributed by atoms with Crippen molar-refractivity contribution < 1.29 is 19.1 Å². The third-order valence-electron chi connectivity index (χ3n) is 2.99. The molecule has 0 saturated carbocycles. The highest BCUT2D eigenvalue weighted by atomic mass is 16.5. The van der Waals surface area contributed by atoms with E-state index in [0.29, 0.717) is 11.5 Å². The van der Waals surface area contributed by atoms with Gasteiger partial charge in [-0.2, -0.15) is 0 Å². The van der Waals surface area contributed by atoms with Crippen molar-refractivity contribution in [1.82, 2.24) is 5.32 Å². The number of benzene rings is 1. The van der Waals surface area contributed by atoms with Gasteiger partial charge in [0.1, 0.15) is 23.0 Å². The van der Waals surface area contributed by atoms with Gasteiger partial charge in [-0.25, -0.2) is 0 Å². The second kappa shape index (κ2) is 5.69. The molecule has 0 aliphatic heterocycles. The minimum Gasteiger partial charge on any atom is -0.507 e. The Labute approximate surface area is 117 Å². The Kier molecular flexibility index (Phi) is 3.98. The van der Waals surface area contributed by atoms with Crippen molar-refractivity contribution in [3.8, 4) is 11.5 Å². The predicted molar refractivity (Wildman–Crippen MR) is 74.0 cm³/mol. The molecule has 0 saturated heterocycles. The van der Waals surface area contributed by atoms with Crippen molar-refractivity contribution in [3.63, 3.8) is 0 Å². The molecule has 1 atom stereocenters. The normalized spacial score (nSPS) is 11.9. The summed E-state index contributed by atoms with van der Waals surface area (Å²) >= 11 is 0. The Morgan fingerprint density at radius 2 is 2.10 bits per heavy atom. The molecule has 5 nitrogen and oxygen atoms in total. The van der Waals surface area contributed by atoms with E-state index in [1.165, 1.54) is 19.2 Å². The number of phenols is 1. The number of amides is 1. The van der Waals surface area contributed by atoms with Gasteiger partial charge < -0.3 is 19.6 Å². The van der Waals surface area contributed by atoms with Crippen LogP contribution >= 0.6 is 0 Å². The van der Waals surface area contributed by atoms with Crippen LogP contribution in [0.3, 0.4) is 0 Å². The van der Waals surface area contributed by atoms with Crippen LogP contribution in [0.4, 0.5) is 0 Å². The fraction of sp³-hybridized carbons (Fsp3) is 0.267. The van der Waals surface area contributed by atoms with Crippen LogP contribution in [0.5, 0.6) is 11.5 Å². The van der Waals surface area contributed by atoms with E-state index >= 15 is 0 Å². The van der Waals surface area contributed by atoms with E-state index in [9.17, 15) is 9.90 Å². The van der Waals surface area contributed by atoms with Crippen molar-refractivity contribution in [2.24, 2.45) is 0 Å². The molecule has 2 aromatic rings. The van der Waals surface area contributed by atoms with Crippen LogP contribution in [-0.2, 0) is 0 Å². The van der Waals surface area contributed by atoms with Crippen LogP contribution in [0.1, 0.15) is 34.8 Å². The van der Waals surface area contributed by atoms with Gasteiger partial charge in [0.15, 0.2) is 0 Å². The summed E-state index contributed by atoms with van der Waals surface area (Å²) in [6, 6.07) is 7.91. The first-order chi connectivity index (χ1) is 9.51. The molecule has 1 aromatic heterocycles. The number of hydrogen-bond donors (Lipinski definition) is 2. The van der Waals surface area contributed by atoms with Gasteiger partial charge in [0, 0.05) is 6.07 Å². The Morgan fingerprint density at radius 3 is 2.65 bits per heavy atom. The SMILES string of the molecule is COc1ccc(C(=O)NC(C)c2ccc(C)o2)c(O)c1. The molecule has 0 fully saturated rings. The van der Waals surface area contributed by atoms with Crippen LogP contribution in [0.2, 0.25) is 0 Å². The zero-order valence-electron chi connectivity index (χ0n) is 11.6. The summed E-state index contributed by atoms with van der Waals surface area (Å²) in [5.74, 6) is 1.46. The lowest BCUT2D eigenvalue weighted by Crippen LogP contribution is -2.26. The van der Waals surface area contributed by atoms with Gasteiger partial charge in [-0.15, -0.1) is 0 Å². The molecule has 2 N–H and O–H groups in total. The van der Waals surface area contributed by atoms with E-state index in [-0.39, 0.29) is 23.3 Å². The predicted octanol–water partition coefficient (Wildman–Crippen LogP) is 2.79. The standard InChI is InChI=1S/C15H17NO4/c1-9-4-7-14(20-9)10(2)16-15(18)12-6-5-11(19-3)8-13(12)17/h4-8,10,17H,1-3H3,(H,16,18). The third kappa shape index (κ3) is 2.93. The third-order valence-corrected chi connectivity index (χ3v) is 2.99. The Balaban J connectivity index is 2.12. The number of carbonyl (C=O) groups excluding carboxylic acids is 1. The summed E-state index contributed by atoms with van der Waals surface area (Å²) in [5.41, 5.74) is 0.195. The lowest BCUT2D eigenvalue weighted by Gasteiger charge is -2.12. The number of ether oxygens (including phenoxy) is 1. The molecule has 1 aromatic carbocycles. The molecule has 5 heteroatoms. The van der Waals surface area contributed by atoms with E-state index in [2.05, 4.69) is 5.32 Å². The van der Waals surface area contributed by atoms with Crippen LogP contribution in [0, 0.1) is 6.92 Å². The van der Waals surface area contributed by atoms with Gasteiger partial charge in [-0.3, -0.25) is 4.79 Å². The minimum absolute atomic E-state index is 0.121. The van der Waals surface area contributed by atoms with Gasteiger partial charge in [0.05, 0.1) is 18.7 Å². The first kappa shape index (κ1) is 14.0. The highest BCUT2D eigenvalue weighted by molar-refractivity contribution is 5.97. The Bertz CT molecular complexity index is 618. The van der Waals surface area contributed by atoms with Gasteiger partial charge >= 0.3 is 0 Å². The number of methoxy groups -OCH3 is 1. The number of phenolic OH excluding ortho intramolecular Hbond substituents is 1. The van der Waals surface area contributed by atoms with E-state index < -0.39 is 0 Å². The van der Waals surface area contributed by atoms with Crippen LogP contribution in [0.25, 0.3) is 0 Å².